The predicted molar refractivity (Wildman–Crippen MR) is 112 cm³/mol. The molecule has 154 valence electrons. The zero-order chi connectivity index (χ0) is 21.8. The van der Waals surface area contributed by atoms with E-state index in [4.69, 9.17) is 4.74 Å². The number of ether oxygens (including phenoxy) is 1. The second kappa shape index (κ2) is 8.69. The number of aryl methyl sites for hydroxylation is 1. The lowest BCUT2D eigenvalue weighted by Gasteiger charge is -2.15. The van der Waals surface area contributed by atoms with Crippen molar-refractivity contribution in [1.29, 1.82) is 0 Å². The standard InChI is InChI=1S/C22H21N3O5/c1-4-25-21(28)18-8-6-5-7-17(18)19(24-25)22(29)30-14(3)20(27)23-16-11-9-15(10-12-16)13(2)26/h5-12,14H,4H2,1-3H3,(H,23,27). The molecule has 0 fully saturated rings. The summed E-state index contributed by atoms with van der Waals surface area (Å²) in [4.78, 5) is 48.8. The van der Waals surface area contributed by atoms with Crippen molar-refractivity contribution in [2.24, 2.45) is 0 Å². The number of benzene rings is 2. The number of hydrogen-bond acceptors (Lipinski definition) is 6. The first-order chi connectivity index (χ1) is 14.3. The van der Waals surface area contributed by atoms with Crippen molar-refractivity contribution in [2.75, 3.05) is 5.32 Å². The number of carbonyl (C=O) groups excluding carboxylic acids is 3. The largest absolute Gasteiger partial charge is 0.448 e. The SMILES string of the molecule is CCn1nc(C(=O)OC(C)C(=O)Nc2ccc(C(C)=O)cc2)c2ccccc2c1=O. The van der Waals surface area contributed by atoms with E-state index in [2.05, 4.69) is 10.4 Å². The van der Waals surface area contributed by atoms with E-state index < -0.39 is 18.0 Å². The number of nitrogens with zero attached hydrogens (tertiary/aromatic N) is 2. The number of Topliss-reactive ketones (excluding diaryl/α,β-unsaturated/α-hetero) is 1. The Kier molecular flexibility index (Phi) is 6.06. The maximum Gasteiger partial charge on any atom is 0.360 e. The van der Waals surface area contributed by atoms with Gasteiger partial charge < -0.3 is 10.1 Å². The van der Waals surface area contributed by atoms with Crippen molar-refractivity contribution in [2.45, 2.75) is 33.4 Å². The molecule has 8 nitrogen and oxygen atoms in total. The molecule has 0 aliphatic rings. The third-order valence-corrected chi connectivity index (χ3v) is 4.57. The van der Waals surface area contributed by atoms with Crippen LogP contribution in [0.15, 0.2) is 53.3 Å². The average molecular weight is 407 g/mol. The van der Waals surface area contributed by atoms with E-state index in [1.54, 1.807) is 55.5 Å². The Labute approximate surface area is 172 Å². The number of ketones is 1. The number of nitrogens with one attached hydrogen (secondary N) is 1. The topological polar surface area (TPSA) is 107 Å². The zero-order valence-electron chi connectivity index (χ0n) is 16.8. The summed E-state index contributed by atoms with van der Waals surface area (Å²) in [5, 5.41) is 7.45. The van der Waals surface area contributed by atoms with Crippen LogP contribution in [0.5, 0.6) is 0 Å². The second-order valence-corrected chi connectivity index (χ2v) is 6.69. The van der Waals surface area contributed by atoms with Gasteiger partial charge in [0.2, 0.25) is 0 Å². The average Bonchev–Trinajstić information content (AvgIpc) is 2.74. The van der Waals surface area contributed by atoms with E-state index in [-0.39, 0.29) is 23.6 Å². The highest BCUT2D eigenvalue weighted by Crippen LogP contribution is 2.16. The lowest BCUT2D eigenvalue weighted by Crippen LogP contribution is -2.32. The van der Waals surface area contributed by atoms with Gasteiger partial charge in [0, 0.05) is 23.2 Å². The molecule has 1 unspecified atom stereocenters. The summed E-state index contributed by atoms with van der Waals surface area (Å²) in [6.07, 6.45) is -1.10. The molecule has 1 aromatic heterocycles. The van der Waals surface area contributed by atoms with Gasteiger partial charge in [-0.25, -0.2) is 9.48 Å². The lowest BCUT2D eigenvalue weighted by atomic mass is 10.1. The Morgan fingerprint density at radius 3 is 2.30 bits per heavy atom. The summed E-state index contributed by atoms with van der Waals surface area (Å²) in [5.74, 6) is -1.42. The zero-order valence-corrected chi connectivity index (χ0v) is 16.8. The van der Waals surface area contributed by atoms with Crippen LogP contribution in [-0.2, 0) is 16.1 Å². The number of fused-ring (bicyclic) bond motifs is 1. The molecule has 1 amide bonds. The highest BCUT2D eigenvalue weighted by atomic mass is 16.5. The summed E-state index contributed by atoms with van der Waals surface area (Å²) in [6.45, 7) is 4.92. The van der Waals surface area contributed by atoms with Crippen LogP contribution in [0.3, 0.4) is 0 Å². The van der Waals surface area contributed by atoms with Crippen molar-refractivity contribution in [3.63, 3.8) is 0 Å². The minimum Gasteiger partial charge on any atom is -0.448 e. The fourth-order valence-corrected chi connectivity index (χ4v) is 2.90. The van der Waals surface area contributed by atoms with Gasteiger partial charge in [0.15, 0.2) is 17.6 Å². The van der Waals surface area contributed by atoms with Gasteiger partial charge in [-0.05, 0) is 51.1 Å². The Hall–Kier alpha value is -3.81. The second-order valence-electron chi connectivity index (χ2n) is 6.69. The highest BCUT2D eigenvalue weighted by Gasteiger charge is 2.23. The third kappa shape index (κ3) is 4.27. The molecule has 0 aliphatic carbocycles. The van der Waals surface area contributed by atoms with E-state index in [0.29, 0.717) is 22.0 Å². The van der Waals surface area contributed by atoms with Gasteiger partial charge in [-0.3, -0.25) is 14.4 Å². The number of rotatable bonds is 6. The van der Waals surface area contributed by atoms with Crippen molar-refractivity contribution < 1.29 is 19.1 Å². The number of esters is 1. The number of amides is 1. The van der Waals surface area contributed by atoms with Gasteiger partial charge in [0.25, 0.3) is 11.5 Å². The Morgan fingerprint density at radius 2 is 1.70 bits per heavy atom. The summed E-state index contributed by atoms with van der Waals surface area (Å²) in [7, 11) is 0. The van der Waals surface area contributed by atoms with E-state index in [1.165, 1.54) is 18.5 Å². The van der Waals surface area contributed by atoms with Crippen molar-refractivity contribution in [3.05, 3.63) is 70.1 Å². The van der Waals surface area contributed by atoms with Crippen LogP contribution >= 0.6 is 0 Å². The third-order valence-electron chi connectivity index (χ3n) is 4.57. The molecular weight excluding hydrogens is 386 g/mol. The van der Waals surface area contributed by atoms with Gasteiger partial charge in [0.05, 0.1) is 5.39 Å². The minimum absolute atomic E-state index is 0.0301. The molecule has 1 N–H and O–H groups in total. The van der Waals surface area contributed by atoms with Gasteiger partial charge in [-0.1, -0.05) is 18.2 Å². The van der Waals surface area contributed by atoms with Crippen LogP contribution in [0.1, 0.15) is 41.6 Å². The number of hydrogen-bond donors (Lipinski definition) is 1. The molecule has 0 radical (unpaired) electrons. The quantitative estimate of drug-likeness (QED) is 0.497. The van der Waals surface area contributed by atoms with Crippen LogP contribution in [0.2, 0.25) is 0 Å². The van der Waals surface area contributed by atoms with E-state index in [0.717, 1.165) is 0 Å². The van der Waals surface area contributed by atoms with Crippen LogP contribution in [0, 0.1) is 0 Å². The molecule has 2 aromatic carbocycles. The summed E-state index contributed by atoms with van der Waals surface area (Å²) < 4.78 is 6.48. The summed E-state index contributed by atoms with van der Waals surface area (Å²) >= 11 is 0. The first kappa shape index (κ1) is 20.9. The molecular formula is C22H21N3O5. The maximum absolute atomic E-state index is 12.7. The molecule has 0 spiro atoms. The Bertz CT molecular complexity index is 1180. The van der Waals surface area contributed by atoms with Gasteiger partial charge in [0.1, 0.15) is 0 Å². The molecule has 30 heavy (non-hydrogen) atoms. The Balaban J connectivity index is 1.78. The molecule has 1 atom stereocenters. The van der Waals surface area contributed by atoms with E-state index >= 15 is 0 Å². The summed E-state index contributed by atoms with van der Waals surface area (Å²) in [5.41, 5.74) is 0.662. The van der Waals surface area contributed by atoms with Crippen LogP contribution in [0.25, 0.3) is 10.8 Å². The fourth-order valence-electron chi connectivity index (χ4n) is 2.90. The maximum atomic E-state index is 12.7. The molecule has 0 bridgehead atoms. The fraction of sp³-hybridized carbons (Fsp3) is 0.227. The predicted octanol–water partition coefficient (Wildman–Crippen LogP) is 2.80. The van der Waals surface area contributed by atoms with Crippen LogP contribution < -0.4 is 10.9 Å². The normalized spacial score (nSPS) is 11.7. The molecule has 3 rings (SSSR count). The first-order valence-electron chi connectivity index (χ1n) is 9.44. The monoisotopic (exact) mass is 407 g/mol. The Morgan fingerprint density at radius 1 is 1.07 bits per heavy atom. The van der Waals surface area contributed by atoms with Crippen LogP contribution in [-0.4, -0.2) is 33.5 Å². The molecule has 8 heteroatoms. The van der Waals surface area contributed by atoms with E-state index in [1.807, 2.05) is 0 Å². The van der Waals surface area contributed by atoms with Gasteiger partial charge in [-0.2, -0.15) is 5.10 Å². The molecule has 3 aromatic rings. The highest BCUT2D eigenvalue weighted by molar-refractivity contribution is 6.04. The lowest BCUT2D eigenvalue weighted by molar-refractivity contribution is -0.123. The smallest absolute Gasteiger partial charge is 0.360 e. The van der Waals surface area contributed by atoms with Gasteiger partial charge in [-0.15, -0.1) is 0 Å². The van der Waals surface area contributed by atoms with Crippen molar-refractivity contribution in [3.8, 4) is 0 Å². The van der Waals surface area contributed by atoms with Crippen LogP contribution in [0.4, 0.5) is 5.69 Å². The molecule has 0 saturated carbocycles. The number of aromatic nitrogens is 2. The van der Waals surface area contributed by atoms with Crippen molar-refractivity contribution >= 4 is 34.1 Å². The first-order valence-corrected chi connectivity index (χ1v) is 9.44. The van der Waals surface area contributed by atoms with Gasteiger partial charge >= 0.3 is 5.97 Å². The van der Waals surface area contributed by atoms with E-state index in [9.17, 15) is 19.2 Å². The number of anilines is 1. The molecule has 0 saturated heterocycles. The summed E-state index contributed by atoms with van der Waals surface area (Å²) in [6, 6.07) is 13.0. The minimum atomic E-state index is -1.10. The number of carbonyl (C=O) groups is 3. The van der Waals surface area contributed by atoms with Crippen molar-refractivity contribution in [1.82, 2.24) is 9.78 Å². The molecule has 0 aliphatic heterocycles. The molecule has 1 heterocycles.